The molecule has 3 heteroatoms. The third-order valence-corrected chi connectivity index (χ3v) is 3.94. The highest BCUT2D eigenvalue weighted by molar-refractivity contribution is 6.42. The molecule has 0 aliphatic carbocycles. The summed E-state index contributed by atoms with van der Waals surface area (Å²) in [6.45, 7) is 1.92. The Labute approximate surface area is 123 Å². The first kappa shape index (κ1) is 13.9. The Morgan fingerprint density at radius 3 is 2.32 bits per heavy atom. The molecular formula is C16H13Cl2N. The third-order valence-electron chi connectivity index (χ3n) is 3.20. The quantitative estimate of drug-likeness (QED) is 0.778. The van der Waals surface area contributed by atoms with Crippen molar-refractivity contribution in [1.82, 2.24) is 0 Å². The number of rotatable bonds is 3. The second-order valence-corrected chi connectivity index (χ2v) is 5.55. The fourth-order valence-electron chi connectivity index (χ4n) is 2.05. The molecule has 0 amide bonds. The predicted octanol–water partition coefficient (Wildman–Crippen LogP) is 5.02. The Kier molecular flexibility index (Phi) is 4.14. The number of benzene rings is 2. The minimum absolute atomic E-state index is 0.480. The average Bonchev–Trinajstić information content (AvgIpc) is 2.43. The van der Waals surface area contributed by atoms with Crippen molar-refractivity contribution in [3.05, 3.63) is 69.7 Å². The van der Waals surface area contributed by atoms with Crippen LogP contribution in [0.4, 0.5) is 0 Å². The van der Waals surface area contributed by atoms with Crippen molar-refractivity contribution in [2.24, 2.45) is 0 Å². The van der Waals surface area contributed by atoms with Crippen LogP contribution in [0.25, 0.3) is 0 Å². The summed E-state index contributed by atoms with van der Waals surface area (Å²) in [5.74, 6) is 0. The van der Waals surface area contributed by atoms with Crippen LogP contribution in [0.1, 0.15) is 18.1 Å². The lowest BCUT2D eigenvalue weighted by Gasteiger charge is -2.22. The molecule has 2 rings (SSSR count). The minimum atomic E-state index is -0.615. The summed E-state index contributed by atoms with van der Waals surface area (Å²) in [5.41, 5.74) is 1.39. The maximum Gasteiger partial charge on any atom is 0.0835 e. The minimum Gasteiger partial charge on any atom is -0.197 e. The summed E-state index contributed by atoms with van der Waals surface area (Å²) in [5, 5.41) is 10.5. The van der Waals surface area contributed by atoms with Gasteiger partial charge < -0.3 is 0 Å². The molecule has 2 aromatic rings. The summed E-state index contributed by atoms with van der Waals surface area (Å²) in [4.78, 5) is 0. The van der Waals surface area contributed by atoms with Crippen molar-refractivity contribution in [2.45, 2.75) is 18.8 Å². The topological polar surface area (TPSA) is 23.8 Å². The van der Waals surface area contributed by atoms with Gasteiger partial charge in [0.1, 0.15) is 0 Å². The molecule has 0 aliphatic rings. The Hall–Kier alpha value is -1.49. The number of halogens is 2. The number of nitrogens with zero attached hydrogens (tertiary/aromatic N) is 1. The predicted molar refractivity (Wildman–Crippen MR) is 79.6 cm³/mol. The summed E-state index contributed by atoms with van der Waals surface area (Å²) >= 11 is 12.0. The monoisotopic (exact) mass is 289 g/mol. The molecule has 2 aromatic carbocycles. The molecule has 0 saturated heterocycles. The zero-order chi connectivity index (χ0) is 13.9. The zero-order valence-electron chi connectivity index (χ0n) is 10.5. The van der Waals surface area contributed by atoms with Crippen molar-refractivity contribution in [3.8, 4) is 6.07 Å². The summed E-state index contributed by atoms with van der Waals surface area (Å²) in [6, 6.07) is 17.7. The van der Waals surface area contributed by atoms with Gasteiger partial charge in [-0.3, -0.25) is 0 Å². The van der Waals surface area contributed by atoms with E-state index in [0.29, 0.717) is 16.5 Å². The standard InChI is InChI=1S/C16H13Cl2N/c1-16(11-19,10-12-5-3-2-4-6-12)13-7-8-14(17)15(18)9-13/h2-9H,10H2,1H3. The van der Waals surface area contributed by atoms with Crippen molar-refractivity contribution < 1.29 is 0 Å². The van der Waals surface area contributed by atoms with Gasteiger partial charge in [-0.05, 0) is 36.6 Å². The van der Waals surface area contributed by atoms with E-state index in [9.17, 15) is 5.26 Å². The largest absolute Gasteiger partial charge is 0.197 e. The van der Waals surface area contributed by atoms with E-state index in [2.05, 4.69) is 6.07 Å². The SMILES string of the molecule is CC(C#N)(Cc1ccccc1)c1ccc(Cl)c(Cl)c1. The van der Waals surface area contributed by atoms with Gasteiger partial charge in [0, 0.05) is 0 Å². The first-order chi connectivity index (χ1) is 9.05. The van der Waals surface area contributed by atoms with Gasteiger partial charge >= 0.3 is 0 Å². The molecule has 19 heavy (non-hydrogen) atoms. The first-order valence-corrected chi connectivity index (χ1v) is 6.71. The molecule has 0 saturated carbocycles. The van der Waals surface area contributed by atoms with Gasteiger partial charge in [0.2, 0.25) is 0 Å². The van der Waals surface area contributed by atoms with Gasteiger partial charge in [-0.25, -0.2) is 0 Å². The molecular weight excluding hydrogens is 277 g/mol. The van der Waals surface area contributed by atoms with E-state index in [1.807, 2.05) is 43.3 Å². The van der Waals surface area contributed by atoms with Gasteiger partial charge in [0.15, 0.2) is 0 Å². The number of hydrogen-bond acceptors (Lipinski definition) is 1. The van der Waals surface area contributed by atoms with Crippen LogP contribution in [0.5, 0.6) is 0 Å². The highest BCUT2D eigenvalue weighted by atomic mass is 35.5. The molecule has 0 radical (unpaired) electrons. The van der Waals surface area contributed by atoms with E-state index in [-0.39, 0.29) is 0 Å². The van der Waals surface area contributed by atoms with Crippen molar-refractivity contribution in [1.29, 1.82) is 5.26 Å². The Bertz CT molecular complexity index is 616. The second-order valence-electron chi connectivity index (χ2n) is 4.74. The van der Waals surface area contributed by atoms with E-state index in [0.717, 1.165) is 11.1 Å². The highest BCUT2D eigenvalue weighted by Gasteiger charge is 2.27. The lowest BCUT2D eigenvalue weighted by molar-refractivity contribution is 0.606. The van der Waals surface area contributed by atoms with Gasteiger partial charge in [-0.15, -0.1) is 0 Å². The molecule has 0 bridgehead atoms. The zero-order valence-corrected chi connectivity index (χ0v) is 12.0. The number of nitriles is 1. The van der Waals surface area contributed by atoms with Crippen LogP contribution in [0.2, 0.25) is 10.0 Å². The number of hydrogen-bond donors (Lipinski definition) is 0. The maximum atomic E-state index is 9.53. The van der Waals surface area contributed by atoms with Crippen LogP contribution in [0.3, 0.4) is 0 Å². The summed E-state index contributed by atoms with van der Waals surface area (Å²) in [6.07, 6.45) is 0.641. The second kappa shape index (κ2) is 5.65. The molecule has 96 valence electrons. The molecule has 1 atom stereocenters. The van der Waals surface area contributed by atoms with Crippen LogP contribution in [-0.2, 0) is 11.8 Å². The van der Waals surface area contributed by atoms with E-state index in [1.165, 1.54) is 0 Å². The van der Waals surface area contributed by atoms with Crippen LogP contribution in [0.15, 0.2) is 48.5 Å². The van der Waals surface area contributed by atoms with E-state index >= 15 is 0 Å². The molecule has 1 nitrogen and oxygen atoms in total. The van der Waals surface area contributed by atoms with Gasteiger partial charge in [0.25, 0.3) is 0 Å². The van der Waals surface area contributed by atoms with Gasteiger partial charge in [0.05, 0.1) is 21.5 Å². The summed E-state index contributed by atoms with van der Waals surface area (Å²) < 4.78 is 0. The van der Waals surface area contributed by atoms with E-state index in [4.69, 9.17) is 23.2 Å². The Balaban J connectivity index is 2.37. The van der Waals surface area contributed by atoms with Gasteiger partial charge in [-0.1, -0.05) is 59.6 Å². The maximum absolute atomic E-state index is 9.53. The van der Waals surface area contributed by atoms with Crippen LogP contribution in [-0.4, -0.2) is 0 Å². The van der Waals surface area contributed by atoms with E-state index in [1.54, 1.807) is 12.1 Å². The fourth-order valence-corrected chi connectivity index (χ4v) is 2.35. The molecule has 0 N–H and O–H groups in total. The molecule has 1 unspecified atom stereocenters. The van der Waals surface area contributed by atoms with Crippen molar-refractivity contribution >= 4 is 23.2 Å². The smallest absolute Gasteiger partial charge is 0.0835 e. The summed E-state index contributed by atoms with van der Waals surface area (Å²) in [7, 11) is 0. The fraction of sp³-hybridized carbons (Fsp3) is 0.188. The van der Waals surface area contributed by atoms with Crippen molar-refractivity contribution in [2.75, 3.05) is 0 Å². The van der Waals surface area contributed by atoms with Crippen LogP contribution >= 0.6 is 23.2 Å². The molecule has 0 spiro atoms. The third kappa shape index (κ3) is 3.10. The Morgan fingerprint density at radius 1 is 1.05 bits per heavy atom. The van der Waals surface area contributed by atoms with Gasteiger partial charge in [-0.2, -0.15) is 5.26 Å². The van der Waals surface area contributed by atoms with Crippen LogP contribution < -0.4 is 0 Å². The van der Waals surface area contributed by atoms with E-state index < -0.39 is 5.41 Å². The molecule has 0 heterocycles. The lowest BCUT2D eigenvalue weighted by Crippen LogP contribution is -2.22. The van der Waals surface area contributed by atoms with Crippen LogP contribution in [0, 0.1) is 11.3 Å². The highest BCUT2D eigenvalue weighted by Crippen LogP contribution is 2.32. The molecule has 0 aliphatic heterocycles. The average molecular weight is 290 g/mol. The first-order valence-electron chi connectivity index (χ1n) is 5.96. The Morgan fingerprint density at radius 2 is 1.74 bits per heavy atom. The molecule has 0 aromatic heterocycles. The van der Waals surface area contributed by atoms with Crippen molar-refractivity contribution in [3.63, 3.8) is 0 Å². The lowest BCUT2D eigenvalue weighted by atomic mass is 9.79. The normalized spacial score (nSPS) is 13.6. The molecule has 0 fully saturated rings.